The molecule has 16 heteroatoms. The monoisotopic (exact) mass is 888 g/mol. The summed E-state index contributed by atoms with van der Waals surface area (Å²) in [5, 5.41) is 19.9. The Morgan fingerprint density at radius 2 is 1.05 bits per heavy atom. The number of rotatable bonds is 39. The van der Waals surface area contributed by atoms with Gasteiger partial charge in [0.1, 0.15) is 12.7 Å². The van der Waals surface area contributed by atoms with Gasteiger partial charge in [-0.15, -0.1) is 0 Å². The van der Waals surface area contributed by atoms with Crippen LogP contribution < -0.4 is 0 Å². The van der Waals surface area contributed by atoms with Crippen molar-refractivity contribution < 1.29 is 66.7 Å². The average molecular weight is 889 g/mol. The summed E-state index contributed by atoms with van der Waals surface area (Å²) in [5.41, 5.74) is 0. The van der Waals surface area contributed by atoms with Crippen LogP contribution in [0.5, 0.6) is 0 Å². The molecule has 0 aromatic carbocycles. The predicted molar refractivity (Wildman–Crippen MR) is 236 cm³/mol. The van der Waals surface area contributed by atoms with Gasteiger partial charge in [0.2, 0.25) is 0 Å². The third-order valence-corrected chi connectivity index (χ3v) is 9.76. The van der Waals surface area contributed by atoms with E-state index in [1.807, 2.05) is 18.2 Å². The van der Waals surface area contributed by atoms with Crippen molar-refractivity contribution in [2.24, 2.45) is 0 Å². The summed E-state index contributed by atoms with van der Waals surface area (Å²) in [6.07, 6.45) is 40.4. The van der Waals surface area contributed by atoms with Crippen molar-refractivity contribution in [3.63, 3.8) is 0 Å². The quantitative estimate of drug-likeness (QED) is 0.0128. The minimum absolute atomic E-state index is 0.0164. The molecule has 0 aliphatic carbocycles. The van der Waals surface area contributed by atoms with Gasteiger partial charge in [0.05, 0.1) is 25.9 Å². The molecule has 0 bridgehead atoms. The van der Waals surface area contributed by atoms with Crippen molar-refractivity contribution in [1.29, 1.82) is 0 Å². The van der Waals surface area contributed by atoms with Crippen LogP contribution in [0.25, 0.3) is 0 Å². The van der Waals surface area contributed by atoms with E-state index >= 15 is 0 Å². The molecule has 344 valence electrons. The van der Waals surface area contributed by atoms with Crippen LogP contribution in [0.3, 0.4) is 0 Å². The van der Waals surface area contributed by atoms with Gasteiger partial charge in [0.15, 0.2) is 6.10 Å². The molecule has 0 aromatic heterocycles. The van der Waals surface area contributed by atoms with Crippen LogP contribution >= 0.6 is 15.6 Å². The standard InChI is InChI=1S/C44H74O14P2/c1-3-5-7-9-11-13-14-15-16-17-18-20-22-26-30-34-43(47)54-38-42(39-57-60(52,53)56-37-41(46)36-55-59(49,50)51)58-44(48)35-31-27-23-25-29-33-40(45)32-28-24-21-19-12-10-8-6-4-2/h11-13,15-16,18-20,23-25,28-29,33,40-42,45-46H,3-10,14,17,21-22,26-27,30-32,34-39H2,1-2H3,(H,52,53)(H2,49,50,51)/b13-11-,16-15-,19-12-,20-18-,25-23+,28-24-,33-29-/t40?,41-,42+/m0/s1. The zero-order valence-corrected chi connectivity index (χ0v) is 37.7. The third-order valence-electron chi connectivity index (χ3n) is 8.33. The molecule has 0 heterocycles. The minimum atomic E-state index is -4.89. The number of carbonyl (C=O) groups is 2. The minimum Gasteiger partial charge on any atom is -0.462 e. The molecule has 60 heavy (non-hydrogen) atoms. The Morgan fingerprint density at radius 3 is 1.63 bits per heavy atom. The van der Waals surface area contributed by atoms with Crippen LogP contribution in [0.1, 0.15) is 136 Å². The fraction of sp³-hybridized carbons (Fsp3) is 0.636. The maximum atomic E-state index is 12.6. The van der Waals surface area contributed by atoms with Gasteiger partial charge in [0.25, 0.3) is 0 Å². The van der Waals surface area contributed by atoms with E-state index in [2.05, 4.69) is 71.5 Å². The fourth-order valence-electron chi connectivity index (χ4n) is 5.01. The number of phosphoric ester groups is 2. The first-order valence-corrected chi connectivity index (χ1v) is 24.4. The van der Waals surface area contributed by atoms with Gasteiger partial charge >= 0.3 is 27.6 Å². The number of aliphatic hydroxyl groups excluding tert-OH is 2. The molecule has 0 rings (SSSR count). The van der Waals surface area contributed by atoms with Crippen molar-refractivity contribution in [3.05, 3.63) is 85.1 Å². The lowest BCUT2D eigenvalue weighted by molar-refractivity contribution is -0.161. The number of hydrogen-bond acceptors (Lipinski definition) is 11. The molecule has 0 radical (unpaired) electrons. The van der Waals surface area contributed by atoms with Crippen molar-refractivity contribution in [1.82, 2.24) is 0 Å². The highest BCUT2D eigenvalue weighted by molar-refractivity contribution is 7.47. The molecule has 0 fully saturated rings. The van der Waals surface area contributed by atoms with E-state index in [1.54, 1.807) is 18.2 Å². The predicted octanol–water partition coefficient (Wildman–Crippen LogP) is 9.75. The molecule has 0 spiro atoms. The molecular formula is C44H74O14P2. The van der Waals surface area contributed by atoms with Crippen LogP contribution in [0.4, 0.5) is 0 Å². The van der Waals surface area contributed by atoms with E-state index in [0.29, 0.717) is 25.7 Å². The molecule has 4 atom stereocenters. The second-order valence-electron chi connectivity index (χ2n) is 14.1. The maximum Gasteiger partial charge on any atom is 0.472 e. The Morgan fingerprint density at radius 1 is 0.550 bits per heavy atom. The van der Waals surface area contributed by atoms with Gasteiger partial charge in [-0.1, -0.05) is 125 Å². The number of ether oxygens (including phenoxy) is 2. The summed E-state index contributed by atoms with van der Waals surface area (Å²) in [4.78, 5) is 52.6. The van der Waals surface area contributed by atoms with Crippen LogP contribution in [-0.4, -0.2) is 81.6 Å². The van der Waals surface area contributed by atoms with Gasteiger partial charge in [-0.2, -0.15) is 0 Å². The van der Waals surface area contributed by atoms with Crippen LogP contribution in [-0.2, 0) is 41.8 Å². The summed E-state index contributed by atoms with van der Waals surface area (Å²) >= 11 is 0. The van der Waals surface area contributed by atoms with Crippen molar-refractivity contribution in [2.45, 2.75) is 154 Å². The topological polar surface area (TPSA) is 216 Å². The second-order valence-corrected chi connectivity index (χ2v) is 16.8. The molecule has 0 aliphatic heterocycles. The molecule has 14 nitrogen and oxygen atoms in total. The zero-order chi connectivity index (χ0) is 44.6. The number of allylic oxidation sites excluding steroid dienone is 12. The van der Waals surface area contributed by atoms with Crippen LogP contribution in [0.2, 0.25) is 0 Å². The SMILES string of the molecule is CCCCC/C=C\C/C=C\C/C=C\CCCCC(=O)OC[C@H](COP(=O)(O)OC[C@@H](O)COP(=O)(O)O)OC(=O)CCC/C=C/C=C\C(O)C/C=C\C/C=C\CCCCC. The van der Waals surface area contributed by atoms with Gasteiger partial charge in [-0.3, -0.25) is 23.2 Å². The first kappa shape index (κ1) is 57.3. The Kier molecular flexibility index (Phi) is 37.3. The van der Waals surface area contributed by atoms with Crippen molar-refractivity contribution in [3.8, 4) is 0 Å². The average Bonchev–Trinajstić information content (AvgIpc) is 3.20. The number of hydrogen-bond donors (Lipinski definition) is 5. The summed E-state index contributed by atoms with van der Waals surface area (Å²) in [6, 6.07) is 0. The molecule has 0 amide bonds. The lowest BCUT2D eigenvalue weighted by atomic mass is 10.1. The van der Waals surface area contributed by atoms with E-state index in [1.165, 1.54) is 38.5 Å². The van der Waals surface area contributed by atoms with E-state index in [0.717, 1.165) is 44.9 Å². The fourth-order valence-corrected chi connectivity index (χ4v) is 6.17. The van der Waals surface area contributed by atoms with Gasteiger partial charge in [-0.05, 0) is 83.5 Å². The van der Waals surface area contributed by atoms with E-state index in [-0.39, 0.29) is 12.8 Å². The zero-order valence-electron chi connectivity index (χ0n) is 35.9. The summed E-state index contributed by atoms with van der Waals surface area (Å²) < 4.78 is 47.6. The number of phosphoric acid groups is 2. The molecule has 2 unspecified atom stereocenters. The summed E-state index contributed by atoms with van der Waals surface area (Å²) in [6.45, 7) is 1.47. The number of aliphatic hydroxyl groups is 2. The van der Waals surface area contributed by atoms with Crippen molar-refractivity contribution in [2.75, 3.05) is 26.4 Å². The van der Waals surface area contributed by atoms with Crippen molar-refractivity contribution >= 4 is 27.6 Å². The van der Waals surface area contributed by atoms with Crippen LogP contribution in [0, 0.1) is 0 Å². The third kappa shape index (κ3) is 42.0. The first-order chi connectivity index (χ1) is 28.8. The molecule has 0 saturated carbocycles. The lowest BCUT2D eigenvalue weighted by Gasteiger charge is -2.20. The highest BCUT2D eigenvalue weighted by Gasteiger charge is 2.28. The van der Waals surface area contributed by atoms with Gasteiger partial charge in [0, 0.05) is 12.8 Å². The summed E-state index contributed by atoms with van der Waals surface area (Å²) in [7, 11) is -9.74. The van der Waals surface area contributed by atoms with Gasteiger partial charge in [-0.25, -0.2) is 9.13 Å². The molecule has 5 N–H and O–H groups in total. The van der Waals surface area contributed by atoms with E-state index in [9.17, 15) is 33.8 Å². The Hall–Kier alpha value is -2.74. The van der Waals surface area contributed by atoms with E-state index in [4.69, 9.17) is 23.8 Å². The molecule has 0 aliphatic rings. The Bertz CT molecular complexity index is 1400. The highest BCUT2D eigenvalue weighted by Crippen LogP contribution is 2.43. The maximum absolute atomic E-state index is 12.6. The smallest absolute Gasteiger partial charge is 0.462 e. The molecule has 0 saturated heterocycles. The van der Waals surface area contributed by atoms with E-state index < -0.39 is 72.3 Å². The number of unbranched alkanes of at least 4 members (excludes halogenated alkanes) is 9. The molecular weight excluding hydrogens is 814 g/mol. The highest BCUT2D eigenvalue weighted by atomic mass is 31.2. The number of carbonyl (C=O) groups excluding carboxylic acids is 2. The first-order valence-electron chi connectivity index (χ1n) is 21.4. The van der Waals surface area contributed by atoms with Crippen LogP contribution in [0.15, 0.2) is 85.1 Å². The lowest BCUT2D eigenvalue weighted by Crippen LogP contribution is -2.29. The Balaban J connectivity index is 4.80. The second kappa shape index (κ2) is 39.1. The Labute approximate surface area is 359 Å². The normalized spacial score (nSPS) is 15.4. The van der Waals surface area contributed by atoms with Gasteiger partial charge < -0.3 is 34.4 Å². The number of esters is 2. The summed E-state index contributed by atoms with van der Waals surface area (Å²) in [5.74, 6) is -1.22. The molecule has 0 aromatic rings. The largest absolute Gasteiger partial charge is 0.472 e.